The second-order valence-corrected chi connectivity index (χ2v) is 9.24. The van der Waals surface area contributed by atoms with Crippen LogP contribution >= 0.6 is 0 Å². The third-order valence-corrected chi connectivity index (χ3v) is 5.52. The molecule has 158 valence electrons. The van der Waals surface area contributed by atoms with Crippen molar-refractivity contribution in [1.29, 1.82) is 0 Å². The molecule has 30 heavy (non-hydrogen) atoms. The normalized spacial score (nSPS) is 19.1. The monoisotopic (exact) mass is 409 g/mol. The van der Waals surface area contributed by atoms with Crippen molar-refractivity contribution in [3.05, 3.63) is 36.2 Å². The number of piperazine rings is 1. The summed E-state index contributed by atoms with van der Waals surface area (Å²) in [6.45, 7) is 7.03. The van der Waals surface area contributed by atoms with Gasteiger partial charge in [0.05, 0.1) is 24.0 Å². The molecule has 1 aromatic carbocycles. The van der Waals surface area contributed by atoms with Crippen LogP contribution in [0.4, 0.5) is 5.69 Å². The highest BCUT2D eigenvalue weighted by Crippen LogP contribution is 2.30. The first-order valence-corrected chi connectivity index (χ1v) is 10.1. The quantitative estimate of drug-likeness (QED) is 0.823. The predicted octanol–water partition coefficient (Wildman–Crippen LogP) is 2.13. The van der Waals surface area contributed by atoms with Gasteiger partial charge >= 0.3 is 0 Å². The molecular formula is C22H27N5O3. The molecule has 1 unspecified atom stereocenters. The van der Waals surface area contributed by atoms with Crippen LogP contribution in [0.25, 0.3) is 11.1 Å². The van der Waals surface area contributed by atoms with E-state index in [2.05, 4.69) is 10.4 Å². The van der Waals surface area contributed by atoms with Gasteiger partial charge in [-0.25, -0.2) is 0 Å². The zero-order valence-electron chi connectivity index (χ0n) is 17.8. The van der Waals surface area contributed by atoms with Gasteiger partial charge in [0.2, 0.25) is 11.8 Å². The Hall–Kier alpha value is -3.16. The van der Waals surface area contributed by atoms with Crippen LogP contribution in [-0.2, 0) is 16.6 Å². The molecule has 1 fully saturated rings. The summed E-state index contributed by atoms with van der Waals surface area (Å²) >= 11 is 0. The van der Waals surface area contributed by atoms with Crippen molar-refractivity contribution >= 4 is 23.4 Å². The summed E-state index contributed by atoms with van der Waals surface area (Å²) in [5.74, 6) is -0.436. The lowest BCUT2D eigenvalue weighted by molar-refractivity contribution is -0.137. The average molecular weight is 409 g/mol. The van der Waals surface area contributed by atoms with Crippen molar-refractivity contribution in [2.45, 2.75) is 33.2 Å². The SMILES string of the molecule is Cn1cc(-c2ccc3c(c2)C(=O)N2CCN(C(=O)CC(C)(C)C)CC2C(=O)N3)cn1. The van der Waals surface area contributed by atoms with Crippen LogP contribution in [0.2, 0.25) is 0 Å². The second-order valence-electron chi connectivity index (χ2n) is 9.24. The minimum atomic E-state index is -0.690. The van der Waals surface area contributed by atoms with E-state index in [9.17, 15) is 14.4 Å². The molecule has 2 aliphatic heterocycles. The lowest BCUT2D eigenvalue weighted by Gasteiger charge is -2.40. The predicted molar refractivity (Wildman–Crippen MR) is 113 cm³/mol. The van der Waals surface area contributed by atoms with Crippen LogP contribution in [0, 0.1) is 5.41 Å². The smallest absolute Gasteiger partial charge is 0.256 e. The Kier molecular flexibility index (Phi) is 4.88. The molecule has 0 aliphatic carbocycles. The number of carbonyl (C=O) groups is 3. The van der Waals surface area contributed by atoms with Crippen molar-refractivity contribution in [1.82, 2.24) is 19.6 Å². The average Bonchev–Trinajstić information content (AvgIpc) is 3.08. The number of carbonyl (C=O) groups excluding carboxylic acids is 3. The van der Waals surface area contributed by atoms with Crippen LogP contribution in [-0.4, -0.2) is 63.0 Å². The van der Waals surface area contributed by atoms with Gasteiger partial charge in [-0.15, -0.1) is 0 Å². The van der Waals surface area contributed by atoms with Crippen LogP contribution < -0.4 is 5.32 Å². The van der Waals surface area contributed by atoms with Crippen molar-refractivity contribution in [2.24, 2.45) is 12.5 Å². The largest absolute Gasteiger partial charge is 0.338 e. The maximum Gasteiger partial charge on any atom is 0.256 e. The zero-order valence-corrected chi connectivity index (χ0v) is 17.8. The lowest BCUT2D eigenvalue weighted by Crippen LogP contribution is -2.59. The molecule has 4 rings (SSSR count). The molecule has 1 saturated heterocycles. The molecule has 0 bridgehead atoms. The van der Waals surface area contributed by atoms with Gasteiger partial charge in [-0.3, -0.25) is 19.1 Å². The Bertz CT molecular complexity index is 1020. The highest BCUT2D eigenvalue weighted by Gasteiger charge is 2.40. The third kappa shape index (κ3) is 3.81. The highest BCUT2D eigenvalue weighted by molar-refractivity contribution is 6.10. The molecule has 2 aromatic rings. The van der Waals surface area contributed by atoms with Crippen molar-refractivity contribution in [3.8, 4) is 11.1 Å². The second kappa shape index (κ2) is 7.27. The first kappa shape index (κ1) is 20.1. The summed E-state index contributed by atoms with van der Waals surface area (Å²) in [5.41, 5.74) is 2.59. The number of aryl methyl sites for hydroxylation is 1. The lowest BCUT2D eigenvalue weighted by atomic mass is 9.91. The van der Waals surface area contributed by atoms with Gasteiger partial charge in [0, 0.05) is 38.3 Å². The number of hydrogen-bond acceptors (Lipinski definition) is 4. The van der Waals surface area contributed by atoms with E-state index in [-0.39, 0.29) is 29.7 Å². The molecule has 1 atom stereocenters. The fourth-order valence-corrected chi connectivity index (χ4v) is 3.99. The number of aromatic nitrogens is 2. The van der Waals surface area contributed by atoms with Gasteiger partial charge in [0.1, 0.15) is 6.04 Å². The van der Waals surface area contributed by atoms with Gasteiger partial charge in [-0.05, 0) is 23.1 Å². The molecular weight excluding hydrogens is 382 g/mol. The number of benzene rings is 1. The molecule has 3 amide bonds. The summed E-state index contributed by atoms with van der Waals surface area (Å²) < 4.78 is 1.70. The summed E-state index contributed by atoms with van der Waals surface area (Å²) in [6, 6.07) is 4.74. The molecule has 8 nitrogen and oxygen atoms in total. The Labute approximate surface area is 175 Å². The molecule has 0 saturated carbocycles. The molecule has 0 radical (unpaired) electrons. The molecule has 8 heteroatoms. The minimum Gasteiger partial charge on any atom is -0.338 e. The van der Waals surface area contributed by atoms with Crippen LogP contribution in [0.15, 0.2) is 30.6 Å². The maximum atomic E-state index is 13.3. The molecule has 0 spiro atoms. The van der Waals surface area contributed by atoms with Crippen LogP contribution in [0.1, 0.15) is 37.6 Å². The van der Waals surface area contributed by atoms with E-state index in [0.29, 0.717) is 30.8 Å². The molecule has 1 aromatic heterocycles. The van der Waals surface area contributed by atoms with E-state index < -0.39 is 6.04 Å². The van der Waals surface area contributed by atoms with Crippen molar-refractivity contribution < 1.29 is 14.4 Å². The number of rotatable bonds is 2. The number of fused-ring (bicyclic) bond motifs is 2. The fourth-order valence-electron chi connectivity index (χ4n) is 3.99. The number of nitrogens with zero attached hydrogens (tertiary/aromatic N) is 4. The number of amides is 3. The molecule has 2 aliphatic rings. The summed E-state index contributed by atoms with van der Waals surface area (Å²) in [4.78, 5) is 42.2. The first-order valence-electron chi connectivity index (χ1n) is 10.1. The van der Waals surface area contributed by atoms with Gasteiger partial charge < -0.3 is 15.1 Å². The number of hydrogen-bond donors (Lipinski definition) is 1. The van der Waals surface area contributed by atoms with Gasteiger partial charge in [-0.1, -0.05) is 26.8 Å². The minimum absolute atomic E-state index is 0.0167. The Morgan fingerprint density at radius 2 is 1.97 bits per heavy atom. The Morgan fingerprint density at radius 1 is 1.20 bits per heavy atom. The van der Waals surface area contributed by atoms with Crippen LogP contribution in [0.3, 0.4) is 0 Å². The van der Waals surface area contributed by atoms with E-state index in [1.54, 1.807) is 32.8 Å². The highest BCUT2D eigenvalue weighted by atomic mass is 16.2. The van der Waals surface area contributed by atoms with Gasteiger partial charge in [0.25, 0.3) is 5.91 Å². The van der Waals surface area contributed by atoms with Gasteiger partial charge in [-0.2, -0.15) is 5.10 Å². The molecule has 3 heterocycles. The van der Waals surface area contributed by atoms with Crippen molar-refractivity contribution in [3.63, 3.8) is 0 Å². The van der Waals surface area contributed by atoms with E-state index in [4.69, 9.17) is 0 Å². The zero-order chi connectivity index (χ0) is 21.6. The first-order chi connectivity index (χ1) is 14.1. The van der Waals surface area contributed by atoms with Crippen LogP contribution in [0.5, 0.6) is 0 Å². The fraction of sp³-hybridized carbons (Fsp3) is 0.455. The van der Waals surface area contributed by atoms with Crippen molar-refractivity contribution in [2.75, 3.05) is 25.0 Å². The topological polar surface area (TPSA) is 87.5 Å². The standard InChI is InChI=1S/C22H27N5O3/c1-22(2,3)10-19(28)26-7-8-27-18(13-26)20(29)24-17-6-5-14(9-16(17)21(27)30)15-11-23-25(4)12-15/h5-6,9,11-12,18H,7-8,10,13H2,1-4H3,(H,24,29). The summed E-state index contributed by atoms with van der Waals surface area (Å²) in [5, 5.41) is 7.07. The maximum absolute atomic E-state index is 13.3. The third-order valence-electron chi connectivity index (χ3n) is 5.52. The Morgan fingerprint density at radius 3 is 2.63 bits per heavy atom. The van der Waals surface area contributed by atoms with E-state index in [1.807, 2.05) is 40.1 Å². The summed E-state index contributed by atoms with van der Waals surface area (Å²) in [7, 11) is 1.84. The number of nitrogens with one attached hydrogen (secondary N) is 1. The van der Waals surface area contributed by atoms with E-state index >= 15 is 0 Å². The Balaban J connectivity index is 1.60. The van der Waals surface area contributed by atoms with E-state index in [0.717, 1.165) is 11.1 Å². The number of anilines is 1. The molecule has 1 N–H and O–H groups in total. The van der Waals surface area contributed by atoms with Gasteiger partial charge in [0.15, 0.2) is 0 Å². The summed E-state index contributed by atoms with van der Waals surface area (Å²) in [6.07, 6.45) is 4.03. The van der Waals surface area contributed by atoms with E-state index in [1.165, 1.54) is 0 Å².